The first kappa shape index (κ1) is 22.8. The van der Waals surface area contributed by atoms with E-state index in [1.54, 1.807) is 19.1 Å². The molecule has 168 valence electrons. The van der Waals surface area contributed by atoms with Gasteiger partial charge in [0.25, 0.3) is 0 Å². The molecule has 5 heteroatoms. The van der Waals surface area contributed by atoms with Crippen molar-refractivity contribution in [2.75, 3.05) is 32.9 Å². The van der Waals surface area contributed by atoms with E-state index in [0.29, 0.717) is 31.9 Å². The van der Waals surface area contributed by atoms with Crippen LogP contribution in [0.4, 0.5) is 0 Å². The molecule has 3 aliphatic carbocycles. The fourth-order valence-electron chi connectivity index (χ4n) is 5.26. The lowest BCUT2D eigenvalue weighted by Gasteiger charge is -2.42. The molecule has 1 atom stereocenters. The molecule has 2 saturated carbocycles. The summed E-state index contributed by atoms with van der Waals surface area (Å²) in [7, 11) is 0. The smallest absolute Gasteiger partial charge is 0.319 e. The molecular weight excluding hydrogens is 414 g/mol. The third-order valence-electron chi connectivity index (χ3n) is 6.62. The van der Waals surface area contributed by atoms with Crippen molar-refractivity contribution >= 4 is 11.8 Å². The first-order valence-corrected chi connectivity index (χ1v) is 11.5. The number of ketones is 1. The van der Waals surface area contributed by atoms with Crippen LogP contribution in [0.3, 0.4) is 0 Å². The Labute approximate surface area is 197 Å². The predicted octanol–water partition coefficient (Wildman–Crippen LogP) is 3.24. The van der Waals surface area contributed by atoms with Crippen molar-refractivity contribution in [2.24, 2.45) is 5.92 Å². The van der Waals surface area contributed by atoms with Crippen LogP contribution in [-0.4, -0.2) is 55.1 Å². The minimum atomic E-state index is -1.01. The number of ether oxygens (including phenoxy) is 2. The molecule has 5 rings (SSSR count). The number of carbonyl (C=O) groups is 2. The summed E-state index contributed by atoms with van der Waals surface area (Å²) in [6.07, 6.45) is 16.2. The number of morpholine rings is 1. The van der Waals surface area contributed by atoms with E-state index in [0.717, 1.165) is 23.0 Å². The molecule has 10 radical (unpaired) electrons. The van der Waals surface area contributed by atoms with Gasteiger partial charge in [-0.05, 0) is 69.4 Å². The van der Waals surface area contributed by atoms with E-state index in [4.69, 9.17) is 9.47 Å². The van der Waals surface area contributed by atoms with Crippen LogP contribution < -0.4 is 0 Å². The molecule has 1 aromatic carbocycles. The van der Waals surface area contributed by atoms with Crippen LogP contribution in [0.5, 0.6) is 0 Å². The van der Waals surface area contributed by atoms with Crippen molar-refractivity contribution in [2.45, 2.75) is 12.5 Å². The summed E-state index contributed by atoms with van der Waals surface area (Å²) in [6, 6.07) is 9.07. The summed E-state index contributed by atoms with van der Waals surface area (Å²) in [5.41, 5.74) is 1.70. The second-order valence-corrected chi connectivity index (χ2v) is 8.38. The van der Waals surface area contributed by atoms with Gasteiger partial charge in [0.1, 0.15) is 5.92 Å². The molecular formula is C28H27NO4. The largest absolute Gasteiger partial charge is 0.465 e. The summed E-state index contributed by atoms with van der Waals surface area (Å²) >= 11 is 0. The fraction of sp³-hybridized carbons (Fsp3) is 0.286. The minimum Gasteiger partial charge on any atom is -0.465 e. The van der Waals surface area contributed by atoms with E-state index in [1.165, 1.54) is 0 Å². The Morgan fingerprint density at radius 3 is 2.00 bits per heavy atom. The molecule has 4 aliphatic rings. The molecule has 0 N–H and O–H groups in total. The van der Waals surface area contributed by atoms with Gasteiger partial charge in [-0.25, -0.2) is 0 Å². The first-order chi connectivity index (χ1) is 16.2. The van der Waals surface area contributed by atoms with Crippen molar-refractivity contribution in [1.82, 2.24) is 4.90 Å². The van der Waals surface area contributed by atoms with Crippen LogP contribution in [0, 0.1) is 69.1 Å². The average Bonchev–Trinajstić information content (AvgIpc) is 3.27. The number of esters is 1. The Balaban J connectivity index is 1.63. The maximum atomic E-state index is 14.0. The van der Waals surface area contributed by atoms with Crippen molar-refractivity contribution in [1.29, 1.82) is 0 Å². The Kier molecular flexibility index (Phi) is 6.71. The highest BCUT2D eigenvalue weighted by Crippen LogP contribution is 2.65. The molecule has 0 amide bonds. The van der Waals surface area contributed by atoms with Gasteiger partial charge < -0.3 is 9.47 Å². The second-order valence-electron chi connectivity index (χ2n) is 8.38. The zero-order valence-corrected chi connectivity index (χ0v) is 18.7. The molecule has 0 spiro atoms. The van der Waals surface area contributed by atoms with E-state index >= 15 is 0 Å². The number of rotatable bonds is 8. The third kappa shape index (κ3) is 3.97. The van der Waals surface area contributed by atoms with Gasteiger partial charge in [0.2, 0.25) is 0 Å². The number of hydrogen-bond acceptors (Lipinski definition) is 5. The lowest BCUT2D eigenvalue weighted by atomic mass is 9.78. The summed E-state index contributed by atoms with van der Waals surface area (Å²) in [6.45, 7) is 4.37. The van der Waals surface area contributed by atoms with Gasteiger partial charge in [-0.2, -0.15) is 0 Å². The molecule has 1 unspecified atom stereocenters. The SMILES string of the molecule is CCOC(=O)C(C(=O)c1ccccc1)C1(N2CCOCC2)C([C]2[CH][CH][CH][CH]2)=C1[C]1[CH][CH][CH][CH]1. The molecule has 1 aliphatic heterocycles. The summed E-state index contributed by atoms with van der Waals surface area (Å²) < 4.78 is 11.2. The van der Waals surface area contributed by atoms with Crippen molar-refractivity contribution in [3.8, 4) is 0 Å². The summed E-state index contributed by atoms with van der Waals surface area (Å²) in [5, 5.41) is 0. The highest BCUT2D eigenvalue weighted by molar-refractivity contribution is 6.12. The van der Waals surface area contributed by atoms with Gasteiger partial charge in [-0.3, -0.25) is 14.5 Å². The molecule has 0 bridgehead atoms. The molecule has 33 heavy (non-hydrogen) atoms. The van der Waals surface area contributed by atoms with Gasteiger partial charge in [0.15, 0.2) is 5.78 Å². The maximum Gasteiger partial charge on any atom is 0.319 e. The number of Topliss-reactive ketones (excluding diaryl/α,β-unsaturated/α-hetero) is 1. The van der Waals surface area contributed by atoms with Crippen LogP contribution in [0.1, 0.15) is 17.3 Å². The standard InChI is InChI=1S/C28H27NO4/c1-2-33-27(31)25(26(30)22-14-4-3-5-15-22)28(29-16-18-32-19-17-29)23(20-10-6-7-11-20)24(28)21-12-8-9-13-21/h3-15,25H,2,16-19H2,1H3. The topological polar surface area (TPSA) is 55.8 Å². The Bertz CT molecular complexity index is 864. The highest BCUT2D eigenvalue weighted by atomic mass is 16.5. The fourth-order valence-corrected chi connectivity index (χ4v) is 5.26. The van der Waals surface area contributed by atoms with Gasteiger partial charge >= 0.3 is 5.97 Å². The molecule has 1 saturated heterocycles. The molecule has 0 aromatic heterocycles. The number of benzene rings is 1. The number of nitrogens with zero attached hydrogens (tertiary/aromatic N) is 1. The summed E-state index contributed by atoms with van der Waals surface area (Å²) in [5.74, 6) is 0.364. The van der Waals surface area contributed by atoms with E-state index in [9.17, 15) is 9.59 Å². The quantitative estimate of drug-likeness (QED) is 0.352. The normalized spacial score (nSPS) is 24.8. The monoisotopic (exact) mass is 441 g/mol. The summed E-state index contributed by atoms with van der Waals surface area (Å²) in [4.78, 5) is 29.9. The van der Waals surface area contributed by atoms with E-state index in [2.05, 4.69) is 30.6 Å². The molecule has 1 aromatic rings. The lowest BCUT2D eigenvalue weighted by molar-refractivity contribution is -0.149. The van der Waals surface area contributed by atoms with Crippen LogP contribution in [-0.2, 0) is 14.3 Å². The minimum absolute atomic E-state index is 0.216. The van der Waals surface area contributed by atoms with Crippen LogP contribution in [0.2, 0.25) is 0 Å². The Hall–Kier alpha value is -1.98. The van der Waals surface area contributed by atoms with E-state index < -0.39 is 17.4 Å². The van der Waals surface area contributed by atoms with E-state index in [1.807, 2.05) is 43.9 Å². The van der Waals surface area contributed by atoms with Gasteiger partial charge in [0.05, 0.1) is 25.4 Å². The molecule has 1 heterocycles. The second kappa shape index (κ2) is 9.71. The van der Waals surface area contributed by atoms with E-state index in [-0.39, 0.29) is 12.4 Å². The van der Waals surface area contributed by atoms with Gasteiger partial charge in [0, 0.05) is 30.5 Å². The number of hydrogen-bond donors (Lipinski definition) is 0. The van der Waals surface area contributed by atoms with Gasteiger partial charge in [-0.15, -0.1) is 0 Å². The third-order valence-corrected chi connectivity index (χ3v) is 6.62. The van der Waals surface area contributed by atoms with Gasteiger partial charge in [-0.1, -0.05) is 30.3 Å². The van der Waals surface area contributed by atoms with Crippen molar-refractivity contribution in [3.05, 3.63) is 110 Å². The lowest BCUT2D eigenvalue weighted by Crippen LogP contribution is -2.57. The Morgan fingerprint density at radius 2 is 1.48 bits per heavy atom. The maximum absolute atomic E-state index is 14.0. The zero-order chi connectivity index (χ0) is 22.8. The number of carbonyl (C=O) groups excluding carboxylic acids is 2. The first-order valence-electron chi connectivity index (χ1n) is 11.5. The molecule has 3 fully saturated rings. The van der Waals surface area contributed by atoms with Crippen LogP contribution in [0.15, 0.2) is 41.5 Å². The average molecular weight is 442 g/mol. The molecule has 5 nitrogen and oxygen atoms in total. The van der Waals surface area contributed by atoms with Crippen LogP contribution in [0.25, 0.3) is 0 Å². The van der Waals surface area contributed by atoms with Crippen molar-refractivity contribution in [3.63, 3.8) is 0 Å². The van der Waals surface area contributed by atoms with Crippen molar-refractivity contribution < 1.29 is 19.1 Å². The predicted molar refractivity (Wildman–Crippen MR) is 124 cm³/mol. The highest BCUT2D eigenvalue weighted by Gasteiger charge is 2.69. The zero-order valence-electron chi connectivity index (χ0n) is 18.7. The van der Waals surface area contributed by atoms with Crippen LogP contribution >= 0.6 is 0 Å². The Morgan fingerprint density at radius 1 is 0.939 bits per heavy atom.